The number of ether oxygens (including phenoxy) is 1. The average Bonchev–Trinajstić information content (AvgIpc) is 3.05. The molecule has 0 radical (unpaired) electrons. The van der Waals surface area contributed by atoms with Gasteiger partial charge in [-0.2, -0.15) is 0 Å². The Kier molecular flexibility index (Phi) is 5.78. The van der Waals surface area contributed by atoms with Crippen LogP contribution in [-0.4, -0.2) is 23.4 Å². The number of aliphatic hydroxyl groups is 1. The fourth-order valence-corrected chi connectivity index (χ4v) is 3.90. The molecule has 3 aromatic carbocycles. The van der Waals surface area contributed by atoms with Crippen molar-refractivity contribution in [2.75, 3.05) is 11.5 Å². The fraction of sp³-hybridized carbons (Fsp3) is 0.120. The van der Waals surface area contributed by atoms with Crippen LogP contribution in [0.1, 0.15) is 24.1 Å². The molecule has 1 fully saturated rings. The normalized spacial score (nSPS) is 17.7. The van der Waals surface area contributed by atoms with Crippen LogP contribution < -0.4 is 9.64 Å². The predicted octanol–water partition coefficient (Wildman–Crippen LogP) is 5.37. The first-order valence-corrected chi connectivity index (χ1v) is 10.2. The van der Waals surface area contributed by atoms with Gasteiger partial charge in [-0.25, -0.2) is 0 Å². The second-order valence-corrected chi connectivity index (χ2v) is 7.45. The topological polar surface area (TPSA) is 66.8 Å². The minimum atomic E-state index is -0.794. The van der Waals surface area contributed by atoms with Gasteiger partial charge < -0.3 is 9.84 Å². The van der Waals surface area contributed by atoms with Crippen LogP contribution in [-0.2, 0) is 9.59 Å². The molecule has 1 N–H and O–H groups in total. The van der Waals surface area contributed by atoms with Crippen LogP contribution in [0.5, 0.6) is 5.75 Å². The maximum Gasteiger partial charge on any atom is 0.300 e. The van der Waals surface area contributed by atoms with Gasteiger partial charge in [0, 0.05) is 16.3 Å². The standard InChI is InChI=1S/C25H20ClNO4/c1-2-31-20-13-11-16(12-14-20)22-21(23(28)17-7-6-8-18(26)15-17)24(29)25(30)27(22)19-9-4-3-5-10-19/h3-15,22,28H,2H2,1H3/b23-21-. The van der Waals surface area contributed by atoms with E-state index in [-0.39, 0.29) is 11.3 Å². The van der Waals surface area contributed by atoms with Crippen molar-refractivity contribution in [3.05, 3.63) is 101 Å². The van der Waals surface area contributed by atoms with Crippen LogP contribution in [0, 0.1) is 0 Å². The highest BCUT2D eigenvalue weighted by molar-refractivity contribution is 6.51. The number of hydrogen-bond donors (Lipinski definition) is 1. The SMILES string of the molecule is CCOc1ccc(C2/C(=C(/O)c3cccc(Cl)c3)C(=O)C(=O)N2c2ccccc2)cc1. The quantitative estimate of drug-likeness (QED) is 0.334. The Morgan fingerprint density at radius 3 is 2.35 bits per heavy atom. The summed E-state index contributed by atoms with van der Waals surface area (Å²) in [7, 11) is 0. The van der Waals surface area contributed by atoms with Gasteiger partial charge in [0.15, 0.2) is 0 Å². The Bertz CT molecular complexity index is 1160. The fourth-order valence-electron chi connectivity index (χ4n) is 3.71. The van der Waals surface area contributed by atoms with E-state index in [1.165, 1.54) is 4.90 Å². The van der Waals surface area contributed by atoms with Crippen LogP contribution in [0.4, 0.5) is 5.69 Å². The number of aliphatic hydroxyl groups excluding tert-OH is 1. The number of halogens is 1. The molecule has 1 aliphatic rings. The number of nitrogens with zero attached hydrogens (tertiary/aromatic N) is 1. The number of hydrogen-bond acceptors (Lipinski definition) is 4. The molecule has 0 saturated carbocycles. The highest BCUT2D eigenvalue weighted by Gasteiger charge is 2.46. The highest BCUT2D eigenvalue weighted by Crippen LogP contribution is 2.42. The van der Waals surface area contributed by atoms with Crippen molar-refractivity contribution in [3.8, 4) is 5.75 Å². The average molecular weight is 434 g/mol. The van der Waals surface area contributed by atoms with Gasteiger partial charge in [-0.15, -0.1) is 0 Å². The number of ketones is 1. The first-order valence-electron chi connectivity index (χ1n) is 9.86. The lowest BCUT2D eigenvalue weighted by molar-refractivity contribution is -0.132. The summed E-state index contributed by atoms with van der Waals surface area (Å²) >= 11 is 6.08. The van der Waals surface area contributed by atoms with Crippen molar-refractivity contribution in [2.24, 2.45) is 0 Å². The number of benzene rings is 3. The van der Waals surface area contributed by atoms with E-state index in [0.29, 0.717) is 34.2 Å². The maximum absolute atomic E-state index is 13.1. The van der Waals surface area contributed by atoms with E-state index >= 15 is 0 Å². The lowest BCUT2D eigenvalue weighted by Gasteiger charge is -2.25. The summed E-state index contributed by atoms with van der Waals surface area (Å²) < 4.78 is 5.51. The lowest BCUT2D eigenvalue weighted by atomic mass is 9.95. The minimum absolute atomic E-state index is 0.0141. The van der Waals surface area contributed by atoms with Gasteiger partial charge in [0.05, 0.1) is 18.2 Å². The zero-order chi connectivity index (χ0) is 22.0. The number of Topliss-reactive ketones (excluding diaryl/α,β-unsaturated/α-hetero) is 1. The molecule has 3 aromatic rings. The summed E-state index contributed by atoms with van der Waals surface area (Å²) in [4.78, 5) is 27.5. The molecular weight excluding hydrogens is 414 g/mol. The number of carbonyl (C=O) groups excluding carboxylic acids is 2. The monoisotopic (exact) mass is 433 g/mol. The van der Waals surface area contributed by atoms with Crippen molar-refractivity contribution in [1.82, 2.24) is 0 Å². The molecule has 1 unspecified atom stereocenters. The van der Waals surface area contributed by atoms with Crippen molar-refractivity contribution >= 4 is 34.7 Å². The Hall–Kier alpha value is -3.57. The molecule has 156 valence electrons. The van der Waals surface area contributed by atoms with Crippen LogP contribution >= 0.6 is 11.6 Å². The summed E-state index contributed by atoms with van der Waals surface area (Å²) in [6.45, 7) is 2.42. The molecule has 0 aromatic heterocycles. The largest absolute Gasteiger partial charge is 0.507 e. The first-order chi connectivity index (χ1) is 15.0. The molecule has 5 nitrogen and oxygen atoms in total. The molecule has 1 aliphatic heterocycles. The Labute approximate surface area is 185 Å². The number of para-hydroxylation sites is 1. The first kappa shape index (κ1) is 20.7. The van der Waals surface area contributed by atoms with Gasteiger partial charge in [0.25, 0.3) is 11.7 Å². The third-order valence-corrected chi connectivity index (χ3v) is 5.32. The smallest absolute Gasteiger partial charge is 0.300 e. The highest BCUT2D eigenvalue weighted by atomic mass is 35.5. The van der Waals surface area contributed by atoms with Gasteiger partial charge >= 0.3 is 0 Å². The van der Waals surface area contributed by atoms with Crippen molar-refractivity contribution in [3.63, 3.8) is 0 Å². The van der Waals surface area contributed by atoms with E-state index in [2.05, 4.69) is 0 Å². The van der Waals surface area contributed by atoms with E-state index in [1.807, 2.05) is 13.0 Å². The van der Waals surface area contributed by atoms with Crippen LogP contribution in [0.3, 0.4) is 0 Å². The Balaban J connectivity index is 1.91. The molecule has 6 heteroatoms. The summed E-state index contributed by atoms with van der Waals surface area (Å²) in [6.07, 6.45) is 0. The van der Waals surface area contributed by atoms with E-state index in [1.54, 1.807) is 72.8 Å². The van der Waals surface area contributed by atoms with Gasteiger partial charge in [0.2, 0.25) is 0 Å². The van der Waals surface area contributed by atoms with E-state index in [0.717, 1.165) is 0 Å². The Morgan fingerprint density at radius 2 is 1.71 bits per heavy atom. The lowest BCUT2D eigenvalue weighted by Crippen LogP contribution is -2.29. The molecule has 4 rings (SSSR count). The summed E-state index contributed by atoms with van der Waals surface area (Å²) in [5.41, 5.74) is 1.62. The molecule has 0 spiro atoms. The molecule has 1 atom stereocenters. The number of carbonyl (C=O) groups is 2. The molecule has 31 heavy (non-hydrogen) atoms. The van der Waals surface area contributed by atoms with Crippen molar-refractivity contribution in [2.45, 2.75) is 13.0 Å². The zero-order valence-electron chi connectivity index (χ0n) is 16.8. The van der Waals surface area contributed by atoms with E-state index in [4.69, 9.17) is 16.3 Å². The van der Waals surface area contributed by atoms with Crippen LogP contribution in [0.2, 0.25) is 5.02 Å². The number of anilines is 1. The molecule has 0 bridgehead atoms. The zero-order valence-corrected chi connectivity index (χ0v) is 17.5. The number of rotatable bonds is 5. The Morgan fingerprint density at radius 1 is 1.00 bits per heavy atom. The summed E-state index contributed by atoms with van der Waals surface area (Å²) in [5, 5.41) is 11.5. The third kappa shape index (κ3) is 3.92. The number of amides is 1. The van der Waals surface area contributed by atoms with Gasteiger partial charge in [-0.05, 0) is 48.9 Å². The maximum atomic E-state index is 13.1. The molecule has 0 aliphatic carbocycles. The summed E-state index contributed by atoms with van der Waals surface area (Å²) in [5.74, 6) is -1.04. The summed E-state index contributed by atoms with van der Waals surface area (Å²) in [6, 6.07) is 21.8. The molecular formula is C25H20ClNO4. The second kappa shape index (κ2) is 8.66. The minimum Gasteiger partial charge on any atom is -0.507 e. The molecule has 1 amide bonds. The van der Waals surface area contributed by atoms with Gasteiger partial charge in [-0.1, -0.05) is 54.1 Å². The predicted molar refractivity (Wildman–Crippen MR) is 120 cm³/mol. The van der Waals surface area contributed by atoms with Crippen LogP contribution in [0.15, 0.2) is 84.4 Å². The molecule has 1 saturated heterocycles. The second-order valence-electron chi connectivity index (χ2n) is 7.02. The third-order valence-electron chi connectivity index (χ3n) is 5.08. The van der Waals surface area contributed by atoms with Crippen LogP contribution in [0.25, 0.3) is 5.76 Å². The van der Waals surface area contributed by atoms with Crippen molar-refractivity contribution in [1.29, 1.82) is 0 Å². The van der Waals surface area contributed by atoms with Gasteiger partial charge in [0.1, 0.15) is 11.5 Å². The van der Waals surface area contributed by atoms with Gasteiger partial charge in [-0.3, -0.25) is 14.5 Å². The van der Waals surface area contributed by atoms with E-state index < -0.39 is 17.7 Å². The molecule has 1 heterocycles. The van der Waals surface area contributed by atoms with E-state index in [9.17, 15) is 14.7 Å². The van der Waals surface area contributed by atoms with Crippen molar-refractivity contribution < 1.29 is 19.4 Å².